The Kier molecular flexibility index (Phi) is 4.77. The number of hydrogen-bond acceptors (Lipinski definition) is 5. The molecule has 0 bridgehead atoms. The highest BCUT2D eigenvalue weighted by atomic mass is 16.6. The Hall–Kier alpha value is -2.86. The lowest BCUT2D eigenvalue weighted by atomic mass is 9.82. The van der Waals surface area contributed by atoms with Gasteiger partial charge in [-0.05, 0) is 80.8 Å². The van der Waals surface area contributed by atoms with Gasteiger partial charge >= 0.3 is 5.97 Å². The Morgan fingerprint density at radius 1 is 1.06 bits per heavy atom. The van der Waals surface area contributed by atoms with Crippen LogP contribution in [0, 0.1) is 18.8 Å². The van der Waals surface area contributed by atoms with E-state index in [0.717, 1.165) is 47.6 Å². The molecule has 31 heavy (non-hydrogen) atoms. The maximum absolute atomic E-state index is 13.5. The quantitative estimate of drug-likeness (QED) is 0.585. The van der Waals surface area contributed by atoms with E-state index in [1.807, 2.05) is 25.1 Å². The van der Waals surface area contributed by atoms with Crippen LogP contribution < -0.4 is 4.90 Å². The lowest BCUT2D eigenvalue weighted by Crippen LogP contribution is -2.48. The van der Waals surface area contributed by atoms with Crippen molar-refractivity contribution in [2.75, 3.05) is 4.90 Å². The van der Waals surface area contributed by atoms with Crippen LogP contribution in [0.4, 0.5) is 5.69 Å². The molecule has 1 atom stereocenters. The topological polar surface area (TPSA) is 80.0 Å². The number of ether oxygens (including phenoxy) is 1. The fourth-order valence-electron chi connectivity index (χ4n) is 5.00. The van der Waals surface area contributed by atoms with Crippen molar-refractivity contribution in [1.82, 2.24) is 0 Å². The lowest BCUT2D eigenvalue weighted by Gasteiger charge is -2.37. The standard InChI is InChI=1S/C25H27NO5/c1-13-4-6-16(7-5-13)24(28)26-15(3)30-25(29)20-11-23-19(10-21(20)26)18-9-17(12-27)14(2)8-22(18)31-23/h8-11,13,15-16,27H,4-7,12H2,1-3H3/t13-,15?,16-. The molecule has 2 aliphatic rings. The number of amides is 1. The minimum absolute atomic E-state index is 0.0205. The van der Waals surface area contributed by atoms with Gasteiger partial charge in [-0.25, -0.2) is 4.79 Å². The highest BCUT2D eigenvalue weighted by Crippen LogP contribution is 2.40. The van der Waals surface area contributed by atoms with E-state index >= 15 is 0 Å². The average molecular weight is 421 g/mol. The van der Waals surface area contributed by atoms with E-state index in [1.165, 1.54) is 0 Å². The molecule has 1 amide bonds. The van der Waals surface area contributed by atoms with Gasteiger partial charge in [0.15, 0.2) is 6.23 Å². The minimum atomic E-state index is -0.655. The molecule has 2 aromatic carbocycles. The van der Waals surface area contributed by atoms with E-state index in [2.05, 4.69) is 6.92 Å². The van der Waals surface area contributed by atoms with E-state index in [1.54, 1.807) is 17.9 Å². The number of fused-ring (bicyclic) bond motifs is 4. The maximum Gasteiger partial charge on any atom is 0.342 e. The Bertz CT molecular complexity index is 1200. The summed E-state index contributed by atoms with van der Waals surface area (Å²) in [6, 6.07) is 7.36. The van der Waals surface area contributed by atoms with Gasteiger partial charge in [0.05, 0.1) is 17.9 Å². The fraction of sp³-hybridized carbons (Fsp3) is 0.440. The van der Waals surface area contributed by atoms with Gasteiger partial charge in [0.1, 0.15) is 11.2 Å². The summed E-state index contributed by atoms with van der Waals surface area (Å²) in [7, 11) is 0. The van der Waals surface area contributed by atoms with Crippen molar-refractivity contribution in [2.45, 2.75) is 59.3 Å². The number of benzene rings is 2. The number of hydrogen-bond donors (Lipinski definition) is 1. The molecule has 0 radical (unpaired) electrons. The third-order valence-electron chi connectivity index (χ3n) is 6.94. The highest BCUT2D eigenvalue weighted by molar-refractivity contribution is 6.13. The predicted octanol–water partition coefficient (Wildman–Crippen LogP) is 5.06. The van der Waals surface area contributed by atoms with Gasteiger partial charge in [-0.2, -0.15) is 0 Å². The van der Waals surface area contributed by atoms with Crippen LogP contribution in [0.15, 0.2) is 28.7 Å². The van der Waals surface area contributed by atoms with Gasteiger partial charge in [-0.3, -0.25) is 9.69 Å². The number of anilines is 1. The molecule has 6 nitrogen and oxygen atoms in total. The lowest BCUT2D eigenvalue weighted by molar-refractivity contribution is -0.125. The van der Waals surface area contributed by atoms with Crippen LogP contribution in [0.2, 0.25) is 0 Å². The van der Waals surface area contributed by atoms with Crippen LogP contribution in [0.1, 0.15) is 61.0 Å². The first kappa shape index (κ1) is 20.1. The molecular formula is C25H27NO5. The molecule has 5 rings (SSSR count). The molecule has 1 saturated carbocycles. The first-order valence-electron chi connectivity index (χ1n) is 11.0. The zero-order chi connectivity index (χ0) is 21.9. The molecule has 2 heterocycles. The number of aliphatic hydroxyl groups is 1. The number of carbonyl (C=O) groups excluding carboxylic acids is 2. The molecule has 1 aliphatic carbocycles. The van der Waals surface area contributed by atoms with E-state index in [0.29, 0.717) is 28.3 Å². The second-order valence-corrected chi connectivity index (χ2v) is 9.07. The summed E-state index contributed by atoms with van der Waals surface area (Å²) in [5.74, 6) is 0.170. The number of rotatable bonds is 2. The normalized spacial score (nSPS) is 23.8. The van der Waals surface area contributed by atoms with E-state index in [4.69, 9.17) is 9.15 Å². The summed E-state index contributed by atoms with van der Waals surface area (Å²) in [6.07, 6.45) is 3.16. The van der Waals surface area contributed by atoms with Crippen molar-refractivity contribution in [2.24, 2.45) is 11.8 Å². The first-order valence-corrected chi connectivity index (χ1v) is 11.0. The molecule has 1 N–H and O–H groups in total. The number of furan rings is 1. The maximum atomic E-state index is 13.5. The Morgan fingerprint density at radius 2 is 1.74 bits per heavy atom. The van der Waals surface area contributed by atoms with Crippen LogP contribution in [0.25, 0.3) is 21.9 Å². The smallest absolute Gasteiger partial charge is 0.342 e. The van der Waals surface area contributed by atoms with E-state index in [-0.39, 0.29) is 18.4 Å². The third-order valence-corrected chi connectivity index (χ3v) is 6.94. The summed E-state index contributed by atoms with van der Waals surface area (Å²) in [5.41, 5.74) is 3.94. The molecule has 1 fully saturated rings. The summed E-state index contributed by atoms with van der Waals surface area (Å²) in [5, 5.41) is 11.4. The number of aliphatic hydroxyl groups excluding tert-OH is 1. The van der Waals surface area contributed by atoms with E-state index in [9.17, 15) is 14.7 Å². The molecule has 6 heteroatoms. The summed E-state index contributed by atoms with van der Waals surface area (Å²) in [4.78, 5) is 27.8. The van der Waals surface area contributed by atoms with Crippen molar-refractivity contribution >= 4 is 39.5 Å². The largest absolute Gasteiger partial charge is 0.456 e. The first-order chi connectivity index (χ1) is 14.9. The van der Waals surface area contributed by atoms with Crippen LogP contribution in [0.3, 0.4) is 0 Å². The van der Waals surface area contributed by atoms with Crippen molar-refractivity contribution in [1.29, 1.82) is 0 Å². The summed E-state index contributed by atoms with van der Waals surface area (Å²) < 4.78 is 11.5. The monoisotopic (exact) mass is 421 g/mol. The predicted molar refractivity (Wildman–Crippen MR) is 118 cm³/mol. The SMILES string of the molecule is Cc1cc2oc3cc4c(cc3c2cc1CO)N(C(=O)[C@H]1CC[C@H](C)CC1)C(C)OC4=O. The molecule has 162 valence electrons. The summed E-state index contributed by atoms with van der Waals surface area (Å²) >= 11 is 0. The highest BCUT2D eigenvalue weighted by Gasteiger charge is 2.38. The second kappa shape index (κ2) is 7.38. The third kappa shape index (κ3) is 3.21. The Morgan fingerprint density at radius 3 is 2.45 bits per heavy atom. The van der Waals surface area contributed by atoms with Gasteiger partial charge in [-0.1, -0.05) is 6.92 Å². The van der Waals surface area contributed by atoms with Crippen LogP contribution >= 0.6 is 0 Å². The zero-order valence-electron chi connectivity index (χ0n) is 18.1. The van der Waals surface area contributed by atoms with Gasteiger partial charge in [0.2, 0.25) is 5.91 Å². The fourth-order valence-corrected chi connectivity index (χ4v) is 5.00. The van der Waals surface area contributed by atoms with Gasteiger partial charge in [0, 0.05) is 16.7 Å². The molecule has 3 aromatic rings. The summed E-state index contributed by atoms with van der Waals surface area (Å²) in [6.45, 7) is 5.83. The Balaban J connectivity index is 1.65. The minimum Gasteiger partial charge on any atom is -0.456 e. The van der Waals surface area contributed by atoms with Crippen LogP contribution in [-0.4, -0.2) is 23.2 Å². The molecule has 0 spiro atoms. The van der Waals surface area contributed by atoms with Crippen molar-refractivity contribution < 1.29 is 23.8 Å². The molecular weight excluding hydrogens is 394 g/mol. The molecule has 1 aromatic heterocycles. The van der Waals surface area contributed by atoms with E-state index < -0.39 is 12.2 Å². The van der Waals surface area contributed by atoms with Crippen LogP contribution in [0.5, 0.6) is 0 Å². The van der Waals surface area contributed by atoms with Gasteiger partial charge in [-0.15, -0.1) is 0 Å². The number of carbonyl (C=O) groups is 2. The zero-order valence-corrected chi connectivity index (χ0v) is 18.1. The van der Waals surface area contributed by atoms with Crippen molar-refractivity contribution in [3.8, 4) is 0 Å². The van der Waals surface area contributed by atoms with Gasteiger partial charge in [0.25, 0.3) is 0 Å². The molecule has 1 aliphatic heterocycles. The van der Waals surface area contributed by atoms with Crippen LogP contribution in [-0.2, 0) is 16.1 Å². The van der Waals surface area contributed by atoms with Crippen molar-refractivity contribution in [3.05, 3.63) is 41.0 Å². The second-order valence-electron chi connectivity index (χ2n) is 9.07. The molecule has 0 saturated heterocycles. The average Bonchev–Trinajstić information content (AvgIpc) is 3.08. The number of cyclic esters (lactones) is 1. The number of aryl methyl sites for hydroxylation is 1. The van der Waals surface area contributed by atoms with Crippen molar-refractivity contribution in [3.63, 3.8) is 0 Å². The number of esters is 1. The number of nitrogens with zero attached hydrogens (tertiary/aromatic N) is 1. The molecule has 1 unspecified atom stereocenters. The van der Waals surface area contributed by atoms with Gasteiger partial charge < -0.3 is 14.3 Å². The Labute approximate surface area is 180 Å².